The van der Waals surface area contributed by atoms with Crippen LogP contribution in [0, 0.1) is 0 Å². The van der Waals surface area contributed by atoms with Gasteiger partial charge in [0.2, 0.25) is 0 Å². The molecule has 0 aromatic heterocycles. The first-order chi connectivity index (χ1) is 10.5. The maximum Gasteiger partial charge on any atom is 0.175 e. The highest BCUT2D eigenvalue weighted by molar-refractivity contribution is 7.90. The van der Waals surface area contributed by atoms with Gasteiger partial charge in [-0.05, 0) is 37.1 Å². The van der Waals surface area contributed by atoms with E-state index in [-0.39, 0.29) is 11.9 Å². The van der Waals surface area contributed by atoms with E-state index in [9.17, 15) is 8.42 Å². The summed E-state index contributed by atoms with van der Waals surface area (Å²) in [7, 11) is -3.14. The zero-order valence-corrected chi connectivity index (χ0v) is 13.7. The minimum Gasteiger partial charge on any atom is -0.382 e. The van der Waals surface area contributed by atoms with Gasteiger partial charge < -0.3 is 14.8 Å². The second-order valence-electron chi connectivity index (χ2n) is 6.20. The molecule has 6 heteroatoms. The molecule has 1 atom stereocenters. The van der Waals surface area contributed by atoms with Crippen LogP contribution in [0.1, 0.15) is 32.1 Å². The summed E-state index contributed by atoms with van der Waals surface area (Å²) >= 11 is 0. The van der Waals surface area contributed by atoms with E-state index in [1.807, 2.05) is 0 Å². The number of ether oxygens (including phenoxy) is 2. The van der Waals surface area contributed by atoms with Gasteiger partial charge in [-0.25, -0.2) is 8.42 Å². The summed E-state index contributed by atoms with van der Waals surface area (Å²) in [4.78, 5) is 0.333. The van der Waals surface area contributed by atoms with Gasteiger partial charge in [0.25, 0.3) is 0 Å². The average Bonchev–Trinajstić information content (AvgIpc) is 2.88. The summed E-state index contributed by atoms with van der Waals surface area (Å²) in [6.07, 6.45) is 6.86. The fraction of sp³-hybridized carbons (Fsp3) is 0.625. The van der Waals surface area contributed by atoms with Crippen LogP contribution in [0.3, 0.4) is 0 Å². The normalized spacial score (nSPS) is 24.5. The topological polar surface area (TPSA) is 64.6 Å². The third-order valence-electron chi connectivity index (χ3n) is 4.35. The molecule has 5 nitrogen and oxygen atoms in total. The molecular formula is C16H23NO4S. The molecular weight excluding hydrogens is 302 g/mol. The maximum atomic E-state index is 11.4. The molecule has 1 aromatic carbocycles. The van der Waals surface area contributed by atoms with Crippen LogP contribution < -0.4 is 5.32 Å². The van der Waals surface area contributed by atoms with Crippen molar-refractivity contribution in [1.82, 2.24) is 0 Å². The molecule has 1 saturated carbocycles. The van der Waals surface area contributed by atoms with Crippen molar-refractivity contribution in [1.29, 1.82) is 0 Å². The van der Waals surface area contributed by atoms with Gasteiger partial charge in [-0.15, -0.1) is 0 Å². The molecule has 22 heavy (non-hydrogen) atoms. The molecule has 0 bridgehead atoms. The second kappa shape index (κ2) is 6.18. The van der Waals surface area contributed by atoms with E-state index in [1.165, 1.54) is 25.5 Å². The lowest BCUT2D eigenvalue weighted by Crippen LogP contribution is -2.34. The SMILES string of the molecule is CS(=O)(=O)c1ccc(NCC2COC3(CCCCC3)O2)cc1. The van der Waals surface area contributed by atoms with Gasteiger partial charge in [-0.1, -0.05) is 6.42 Å². The molecule has 1 aromatic rings. The molecule has 1 aliphatic heterocycles. The molecule has 1 aliphatic carbocycles. The van der Waals surface area contributed by atoms with E-state index < -0.39 is 9.84 Å². The van der Waals surface area contributed by atoms with Gasteiger partial charge in [0.1, 0.15) is 6.10 Å². The predicted octanol–water partition coefficient (Wildman–Crippen LogP) is 2.58. The number of rotatable bonds is 4. The first-order valence-electron chi connectivity index (χ1n) is 7.83. The Bertz CT molecular complexity index is 606. The van der Waals surface area contributed by atoms with Crippen molar-refractivity contribution in [3.8, 4) is 0 Å². The first-order valence-corrected chi connectivity index (χ1v) is 9.72. The van der Waals surface area contributed by atoms with Crippen molar-refractivity contribution in [2.45, 2.75) is 48.9 Å². The quantitative estimate of drug-likeness (QED) is 0.922. The number of hydrogen-bond acceptors (Lipinski definition) is 5. The van der Waals surface area contributed by atoms with Crippen molar-refractivity contribution < 1.29 is 17.9 Å². The molecule has 1 unspecified atom stereocenters. The van der Waals surface area contributed by atoms with Crippen LogP contribution in [-0.4, -0.2) is 39.7 Å². The van der Waals surface area contributed by atoms with Crippen LogP contribution in [0.4, 0.5) is 5.69 Å². The third-order valence-corrected chi connectivity index (χ3v) is 5.47. The van der Waals surface area contributed by atoms with Crippen molar-refractivity contribution >= 4 is 15.5 Å². The van der Waals surface area contributed by atoms with Crippen molar-refractivity contribution in [3.05, 3.63) is 24.3 Å². The minimum atomic E-state index is -3.14. The molecule has 2 aliphatic rings. The summed E-state index contributed by atoms with van der Waals surface area (Å²) in [5.74, 6) is -0.343. The molecule has 1 heterocycles. The molecule has 2 fully saturated rings. The fourth-order valence-corrected chi connectivity index (χ4v) is 3.75. The Morgan fingerprint density at radius 1 is 1.18 bits per heavy atom. The lowest BCUT2D eigenvalue weighted by atomic mass is 9.94. The van der Waals surface area contributed by atoms with Gasteiger partial charge in [0, 0.05) is 31.3 Å². The molecule has 0 radical (unpaired) electrons. The molecule has 1 saturated heterocycles. The zero-order chi connectivity index (χ0) is 15.6. The van der Waals surface area contributed by atoms with E-state index in [2.05, 4.69) is 5.32 Å². The van der Waals surface area contributed by atoms with E-state index in [0.717, 1.165) is 18.5 Å². The van der Waals surface area contributed by atoms with Crippen LogP contribution in [0.5, 0.6) is 0 Å². The van der Waals surface area contributed by atoms with E-state index in [0.29, 0.717) is 18.0 Å². The summed E-state index contributed by atoms with van der Waals surface area (Å²) in [5.41, 5.74) is 0.889. The largest absolute Gasteiger partial charge is 0.382 e. The highest BCUT2D eigenvalue weighted by Crippen LogP contribution is 2.37. The Morgan fingerprint density at radius 2 is 1.86 bits per heavy atom. The van der Waals surface area contributed by atoms with Crippen LogP contribution in [0.25, 0.3) is 0 Å². The number of sulfone groups is 1. The third kappa shape index (κ3) is 3.62. The summed E-state index contributed by atoms with van der Waals surface area (Å²) in [5, 5.41) is 3.29. The highest BCUT2D eigenvalue weighted by atomic mass is 32.2. The van der Waals surface area contributed by atoms with Gasteiger partial charge in [0.05, 0.1) is 11.5 Å². The van der Waals surface area contributed by atoms with Crippen molar-refractivity contribution in [2.24, 2.45) is 0 Å². The Labute approximate surface area is 131 Å². The minimum absolute atomic E-state index is 0.0488. The monoisotopic (exact) mass is 325 g/mol. The van der Waals surface area contributed by atoms with E-state index in [1.54, 1.807) is 24.3 Å². The van der Waals surface area contributed by atoms with Gasteiger partial charge in [0.15, 0.2) is 15.6 Å². The summed E-state index contributed by atoms with van der Waals surface area (Å²) < 4.78 is 34.9. The Balaban J connectivity index is 1.53. The van der Waals surface area contributed by atoms with Gasteiger partial charge in [-0.2, -0.15) is 0 Å². The Hall–Kier alpha value is -1.11. The number of benzene rings is 1. The molecule has 1 N–H and O–H groups in total. The van der Waals surface area contributed by atoms with Crippen molar-refractivity contribution in [2.75, 3.05) is 24.7 Å². The maximum absolute atomic E-state index is 11.4. The van der Waals surface area contributed by atoms with E-state index in [4.69, 9.17) is 9.47 Å². The van der Waals surface area contributed by atoms with Crippen LogP contribution in [0.15, 0.2) is 29.2 Å². The molecule has 1 spiro atoms. The lowest BCUT2D eigenvalue weighted by molar-refractivity contribution is -0.185. The van der Waals surface area contributed by atoms with Crippen molar-refractivity contribution in [3.63, 3.8) is 0 Å². The van der Waals surface area contributed by atoms with Gasteiger partial charge >= 0.3 is 0 Å². The number of anilines is 1. The fourth-order valence-electron chi connectivity index (χ4n) is 3.12. The van der Waals surface area contributed by atoms with Gasteiger partial charge in [-0.3, -0.25) is 0 Å². The molecule has 122 valence electrons. The smallest absolute Gasteiger partial charge is 0.175 e. The Kier molecular flexibility index (Phi) is 4.43. The van der Waals surface area contributed by atoms with E-state index >= 15 is 0 Å². The standard InChI is InChI=1S/C16H23NO4S/c1-22(18,19)15-7-5-13(6-8-15)17-11-14-12-20-16(21-14)9-3-2-4-10-16/h5-8,14,17H,2-4,9-12H2,1H3. The number of hydrogen-bond donors (Lipinski definition) is 1. The molecule has 3 rings (SSSR count). The zero-order valence-electron chi connectivity index (χ0n) is 12.9. The second-order valence-corrected chi connectivity index (χ2v) is 8.22. The molecule has 0 amide bonds. The van der Waals surface area contributed by atoms with Crippen LogP contribution in [-0.2, 0) is 19.3 Å². The van der Waals surface area contributed by atoms with Crippen LogP contribution in [0.2, 0.25) is 0 Å². The number of nitrogens with one attached hydrogen (secondary N) is 1. The lowest BCUT2D eigenvalue weighted by Gasteiger charge is -2.31. The Morgan fingerprint density at radius 3 is 2.50 bits per heavy atom. The summed E-state index contributed by atoms with van der Waals surface area (Å²) in [6, 6.07) is 6.80. The predicted molar refractivity (Wildman–Crippen MR) is 84.7 cm³/mol. The average molecular weight is 325 g/mol. The summed E-state index contributed by atoms with van der Waals surface area (Å²) in [6.45, 7) is 1.29. The first kappa shape index (κ1) is 15.8. The van der Waals surface area contributed by atoms with Crippen LogP contribution >= 0.6 is 0 Å². The highest BCUT2D eigenvalue weighted by Gasteiger charge is 2.41.